The zero-order valence-electron chi connectivity index (χ0n) is 11.2. The largest absolute Gasteiger partial charge is 0.293 e. The molecule has 0 radical (unpaired) electrons. The third-order valence-electron chi connectivity index (χ3n) is 3.64. The van der Waals surface area contributed by atoms with Gasteiger partial charge >= 0.3 is 0 Å². The number of Topliss-reactive ketones (excluding diaryl/α,β-unsaturated/α-hetero) is 1. The molecule has 1 nitrogen and oxygen atoms in total. The maximum atomic E-state index is 12.5. The highest BCUT2D eigenvalue weighted by Crippen LogP contribution is 2.39. The van der Waals surface area contributed by atoms with E-state index in [0.29, 0.717) is 0 Å². The number of hydrogen-bond acceptors (Lipinski definition) is 1. The summed E-state index contributed by atoms with van der Waals surface area (Å²) in [6.45, 7) is 3.96. The van der Waals surface area contributed by atoms with E-state index in [-0.39, 0.29) is 5.78 Å². The van der Waals surface area contributed by atoms with Gasteiger partial charge < -0.3 is 0 Å². The molecule has 1 aliphatic carbocycles. The van der Waals surface area contributed by atoms with Crippen molar-refractivity contribution in [1.29, 1.82) is 0 Å². The van der Waals surface area contributed by atoms with E-state index in [2.05, 4.69) is 18.2 Å². The molecule has 0 heterocycles. The predicted octanol–water partition coefficient (Wildman–Crippen LogP) is 4.34. The fourth-order valence-corrected chi connectivity index (χ4v) is 2.62. The highest BCUT2D eigenvalue weighted by atomic mass is 16.1. The lowest BCUT2D eigenvalue weighted by molar-refractivity contribution is 0.0883. The van der Waals surface area contributed by atoms with Crippen LogP contribution in [-0.2, 0) is 0 Å². The smallest absolute Gasteiger partial charge is 0.172 e. The second kappa shape index (κ2) is 4.20. The van der Waals surface area contributed by atoms with E-state index < -0.39 is 5.41 Å². The van der Waals surface area contributed by atoms with Gasteiger partial charge in [0.25, 0.3) is 0 Å². The van der Waals surface area contributed by atoms with Crippen LogP contribution in [0.4, 0.5) is 0 Å². The number of rotatable bonds is 1. The van der Waals surface area contributed by atoms with Crippen LogP contribution in [0.3, 0.4) is 0 Å². The van der Waals surface area contributed by atoms with Crippen molar-refractivity contribution in [2.75, 3.05) is 0 Å². The fraction of sp³-hybridized carbons (Fsp3) is 0.167. The summed E-state index contributed by atoms with van der Waals surface area (Å²) in [7, 11) is 0. The van der Waals surface area contributed by atoms with Gasteiger partial charge in [-0.25, -0.2) is 0 Å². The van der Waals surface area contributed by atoms with Crippen molar-refractivity contribution < 1.29 is 4.79 Å². The molecule has 1 aliphatic rings. The average Bonchev–Trinajstić information content (AvgIpc) is 2.44. The summed E-state index contributed by atoms with van der Waals surface area (Å²) < 4.78 is 0. The number of carbonyl (C=O) groups excluding carboxylic acids is 1. The van der Waals surface area contributed by atoms with Gasteiger partial charge in [0.1, 0.15) is 0 Å². The first-order valence-corrected chi connectivity index (χ1v) is 6.52. The highest BCUT2D eigenvalue weighted by molar-refractivity contribution is 6.10. The second-order valence-electron chi connectivity index (χ2n) is 5.52. The lowest BCUT2D eigenvalue weighted by Crippen LogP contribution is -2.27. The molecule has 0 N–H and O–H groups in total. The van der Waals surface area contributed by atoms with Gasteiger partial charge in [0.2, 0.25) is 0 Å². The Morgan fingerprint density at radius 1 is 0.789 bits per heavy atom. The Morgan fingerprint density at radius 3 is 2.05 bits per heavy atom. The minimum Gasteiger partial charge on any atom is -0.293 e. The molecule has 0 unspecified atom stereocenters. The van der Waals surface area contributed by atoms with Crippen LogP contribution in [0.5, 0.6) is 0 Å². The van der Waals surface area contributed by atoms with Gasteiger partial charge in [0.05, 0.1) is 0 Å². The molecule has 3 rings (SSSR count). The van der Waals surface area contributed by atoms with E-state index in [9.17, 15) is 4.79 Å². The molecule has 94 valence electrons. The van der Waals surface area contributed by atoms with E-state index in [4.69, 9.17) is 0 Å². The van der Waals surface area contributed by atoms with E-state index in [1.54, 1.807) is 0 Å². The highest BCUT2D eigenvalue weighted by Gasteiger charge is 2.33. The van der Waals surface area contributed by atoms with Gasteiger partial charge in [-0.1, -0.05) is 60.7 Å². The first-order chi connectivity index (χ1) is 9.09. The molecular formula is C18H16O. The number of ketones is 1. The molecule has 2 aromatic carbocycles. The molecule has 0 spiro atoms. The van der Waals surface area contributed by atoms with Crippen LogP contribution < -0.4 is 0 Å². The van der Waals surface area contributed by atoms with Crippen molar-refractivity contribution >= 4 is 11.4 Å². The fourth-order valence-electron chi connectivity index (χ4n) is 2.62. The van der Waals surface area contributed by atoms with Gasteiger partial charge in [-0.15, -0.1) is 0 Å². The van der Waals surface area contributed by atoms with Crippen LogP contribution >= 0.6 is 0 Å². The maximum absolute atomic E-state index is 12.5. The first kappa shape index (κ1) is 11.9. The Bertz CT molecular complexity index is 663. The zero-order chi connectivity index (χ0) is 13.5. The maximum Gasteiger partial charge on any atom is 0.172 e. The zero-order valence-corrected chi connectivity index (χ0v) is 11.2. The monoisotopic (exact) mass is 248 g/mol. The standard InChI is InChI=1S/C18H16O/c1-18(2)12-16(13-8-4-3-5-9-13)14-10-6-7-11-15(14)17(18)19/h3-12H,1-2H3. The van der Waals surface area contributed by atoms with E-state index in [1.807, 2.05) is 56.3 Å². The molecule has 2 aromatic rings. The van der Waals surface area contributed by atoms with Crippen molar-refractivity contribution in [3.8, 4) is 0 Å². The third kappa shape index (κ3) is 1.91. The van der Waals surface area contributed by atoms with Crippen LogP contribution in [0.1, 0.15) is 35.3 Å². The minimum absolute atomic E-state index is 0.197. The van der Waals surface area contributed by atoms with Crippen molar-refractivity contribution in [1.82, 2.24) is 0 Å². The number of allylic oxidation sites excluding steroid dienone is 1. The van der Waals surface area contributed by atoms with Gasteiger partial charge in [0.15, 0.2) is 5.78 Å². The molecular weight excluding hydrogens is 232 g/mol. The van der Waals surface area contributed by atoms with Crippen LogP contribution in [0.15, 0.2) is 60.7 Å². The number of benzene rings is 2. The first-order valence-electron chi connectivity index (χ1n) is 6.52. The molecule has 0 bridgehead atoms. The van der Waals surface area contributed by atoms with Gasteiger partial charge in [0, 0.05) is 11.0 Å². The lowest BCUT2D eigenvalue weighted by atomic mass is 9.73. The molecule has 0 atom stereocenters. The van der Waals surface area contributed by atoms with Crippen molar-refractivity contribution in [3.05, 3.63) is 77.4 Å². The summed E-state index contributed by atoms with van der Waals surface area (Å²) in [5.74, 6) is 0.197. The molecule has 0 fully saturated rings. The Labute approximate surface area is 113 Å². The van der Waals surface area contributed by atoms with Gasteiger partial charge in [-0.2, -0.15) is 0 Å². The summed E-state index contributed by atoms with van der Waals surface area (Å²) >= 11 is 0. The Kier molecular flexibility index (Phi) is 2.63. The molecule has 0 aliphatic heterocycles. The number of fused-ring (bicyclic) bond motifs is 1. The average molecular weight is 248 g/mol. The molecule has 19 heavy (non-hydrogen) atoms. The Balaban J connectivity index is 2.27. The second-order valence-corrected chi connectivity index (χ2v) is 5.52. The molecule has 0 saturated heterocycles. The summed E-state index contributed by atoms with van der Waals surface area (Å²) in [5, 5.41) is 0. The van der Waals surface area contributed by atoms with Crippen molar-refractivity contribution in [2.24, 2.45) is 5.41 Å². The Morgan fingerprint density at radius 2 is 1.37 bits per heavy atom. The lowest BCUT2D eigenvalue weighted by Gasteiger charge is -2.28. The molecule has 0 aromatic heterocycles. The SMILES string of the molecule is CC1(C)C=C(c2ccccc2)c2ccccc2C1=O. The van der Waals surface area contributed by atoms with Crippen LogP contribution in [0, 0.1) is 5.41 Å². The summed E-state index contributed by atoms with van der Waals surface area (Å²) in [4.78, 5) is 12.5. The Hall–Kier alpha value is -2.15. The van der Waals surface area contributed by atoms with Crippen molar-refractivity contribution in [2.45, 2.75) is 13.8 Å². The van der Waals surface area contributed by atoms with Gasteiger partial charge in [-0.05, 0) is 30.5 Å². The molecule has 0 amide bonds. The summed E-state index contributed by atoms with van der Waals surface area (Å²) in [6, 6.07) is 18.1. The quantitative estimate of drug-likeness (QED) is 0.733. The minimum atomic E-state index is -0.445. The summed E-state index contributed by atoms with van der Waals surface area (Å²) in [5.41, 5.74) is 3.74. The van der Waals surface area contributed by atoms with E-state index in [1.165, 1.54) is 0 Å². The number of hydrogen-bond donors (Lipinski definition) is 0. The molecule has 0 saturated carbocycles. The number of carbonyl (C=O) groups is 1. The predicted molar refractivity (Wildman–Crippen MR) is 78.1 cm³/mol. The van der Waals surface area contributed by atoms with Crippen LogP contribution in [0.2, 0.25) is 0 Å². The van der Waals surface area contributed by atoms with Crippen LogP contribution in [0.25, 0.3) is 5.57 Å². The van der Waals surface area contributed by atoms with E-state index in [0.717, 1.165) is 22.3 Å². The topological polar surface area (TPSA) is 17.1 Å². The van der Waals surface area contributed by atoms with Crippen molar-refractivity contribution in [3.63, 3.8) is 0 Å². The van der Waals surface area contributed by atoms with E-state index >= 15 is 0 Å². The third-order valence-corrected chi connectivity index (χ3v) is 3.64. The van der Waals surface area contributed by atoms with Crippen LogP contribution in [-0.4, -0.2) is 5.78 Å². The molecule has 1 heteroatoms. The van der Waals surface area contributed by atoms with Gasteiger partial charge in [-0.3, -0.25) is 4.79 Å². The summed E-state index contributed by atoms with van der Waals surface area (Å²) in [6.07, 6.45) is 2.09. The normalized spacial score (nSPS) is 16.7.